The van der Waals surface area contributed by atoms with Crippen molar-refractivity contribution in [2.45, 2.75) is 33.2 Å². The number of esters is 2. The van der Waals surface area contributed by atoms with Gasteiger partial charge in [-0.2, -0.15) is 0 Å². The largest absolute Gasteiger partial charge is 0.468 e. The molecule has 0 saturated heterocycles. The molecule has 0 bridgehead atoms. The number of rotatable bonds is 4. The first-order valence-corrected chi connectivity index (χ1v) is 9.83. The van der Waals surface area contributed by atoms with Gasteiger partial charge in [0.1, 0.15) is 0 Å². The zero-order valence-electron chi connectivity index (χ0n) is 18.3. The normalized spacial score (nSPS) is 17.4. The smallest absolute Gasteiger partial charge is 0.330 e. The van der Waals surface area contributed by atoms with Crippen LogP contribution in [0.15, 0.2) is 30.5 Å². The number of hydrogen-bond donors (Lipinski definition) is 0. The van der Waals surface area contributed by atoms with Crippen LogP contribution in [0.2, 0.25) is 0 Å². The van der Waals surface area contributed by atoms with Gasteiger partial charge in [0.2, 0.25) is 5.91 Å². The van der Waals surface area contributed by atoms with Crippen molar-refractivity contribution in [3.63, 3.8) is 0 Å². The second-order valence-electron chi connectivity index (χ2n) is 8.61. The molecule has 160 valence electrons. The van der Waals surface area contributed by atoms with E-state index in [0.29, 0.717) is 6.42 Å². The van der Waals surface area contributed by atoms with Crippen LogP contribution in [0.4, 0.5) is 0 Å². The molecule has 1 aliphatic carbocycles. The van der Waals surface area contributed by atoms with E-state index in [0.717, 1.165) is 27.6 Å². The van der Waals surface area contributed by atoms with E-state index in [-0.39, 0.29) is 24.5 Å². The maximum absolute atomic E-state index is 13.0. The summed E-state index contributed by atoms with van der Waals surface area (Å²) in [6.07, 6.45) is 3.91. The lowest BCUT2D eigenvalue weighted by molar-refractivity contribution is -0.141. The van der Waals surface area contributed by atoms with Gasteiger partial charge in [-0.3, -0.25) is 19.1 Å². The van der Waals surface area contributed by atoms with Crippen molar-refractivity contribution in [2.24, 2.45) is 5.41 Å². The number of aromatic nitrogens is 1. The van der Waals surface area contributed by atoms with Gasteiger partial charge in [0, 0.05) is 29.1 Å². The monoisotopic (exact) mass is 412 g/mol. The number of hydrogen-bond acceptors (Lipinski definition) is 6. The molecule has 3 rings (SSSR count). The van der Waals surface area contributed by atoms with Crippen LogP contribution in [0.5, 0.6) is 0 Å². The molecular weight excluding hydrogens is 384 g/mol. The first-order chi connectivity index (χ1) is 14.1. The quantitative estimate of drug-likeness (QED) is 0.568. The van der Waals surface area contributed by atoms with E-state index in [4.69, 9.17) is 9.47 Å². The van der Waals surface area contributed by atoms with Crippen molar-refractivity contribution < 1.29 is 23.9 Å². The minimum atomic E-state index is -0.543. The van der Waals surface area contributed by atoms with Crippen LogP contribution in [0.1, 0.15) is 36.7 Å². The Labute approximate surface area is 176 Å². The van der Waals surface area contributed by atoms with Gasteiger partial charge in [0.05, 0.1) is 26.3 Å². The predicted molar refractivity (Wildman–Crippen MR) is 114 cm³/mol. The van der Waals surface area contributed by atoms with Crippen molar-refractivity contribution in [2.75, 3.05) is 27.8 Å². The van der Waals surface area contributed by atoms with Crippen molar-refractivity contribution in [1.82, 2.24) is 9.47 Å². The summed E-state index contributed by atoms with van der Waals surface area (Å²) in [5.74, 6) is -0.831. The molecule has 1 heterocycles. The Hall–Kier alpha value is -2.93. The summed E-state index contributed by atoms with van der Waals surface area (Å²) < 4.78 is 11.4. The molecule has 2 aromatic rings. The van der Waals surface area contributed by atoms with E-state index in [1.165, 1.54) is 20.3 Å². The Bertz CT molecular complexity index is 1040. The van der Waals surface area contributed by atoms with E-state index < -0.39 is 11.4 Å². The maximum atomic E-state index is 13.0. The Balaban J connectivity index is 2.19. The summed E-state index contributed by atoms with van der Waals surface area (Å²) in [6.45, 7) is 5.74. The Morgan fingerprint density at radius 2 is 1.90 bits per heavy atom. The standard InChI is InChI=1S/C23H28N2O5/c1-23(2,3)22(28)25-12-14-10-18(24(4)13-20(27)30-6)16(11-19(26)29-5)15-8-7-9-17(25)21(14)15/h7-9,11-12,18H,10,13H2,1-6H3/b16-11-. The molecule has 0 amide bonds. The molecule has 0 fully saturated rings. The summed E-state index contributed by atoms with van der Waals surface area (Å²) in [5, 5.41) is 0.952. The van der Waals surface area contributed by atoms with E-state index in [1.807, 2.05) is 57.1 Å². The van der Waals surface area contributed by atoms with Gasteiger partial charge in [-0.05, 0) is 36.2 Å². The predicted octanol–water partition coefficient (Wildman–Crippen LogP) is 2.91. The molecule has 7 nitrogen and oxygen atoms in total. The van der Waals surface area contributed by atoms with Crippen LogP contribution in [-0.4, -0.2) is 61.2 Å². The van der Waals surface area contributed by atoms with E-state index >= 15 is 0 Å². The average molecular weight is 412 g/mol. The topological polar surface area (TPSA) is 77.8 Å². The molecule has 7 heteroatoms. The number of benzene rings is 1. The van der Waals surface area contributed by atoms with Crippen LogP contribution >= 0.6 is 0 Å². The zero-order chi connectivity index (χ0) is 22.2. The summed E-state index contributed by atoms with van der Waals surface area (Å²) in [5.41, 5.74) is 2.89. The molecule has 1 aromatic heterocycles. The third-order valence-corrected chi connectivity index (χ3v) is 5.46. The van der Waals surface area contributed by atoms with Gasteiger partial charge in [-0.15, -0.1) is 0 Å². The number of ether oxygens (including phenoxy) is 2. The molecule has 0 radical (unpaired) electrons. The van der Waals surface area contributed by atoms with Gasteiger partial charge >= 0.3 is 11.9 Å². The summed E-state index contributed by atoms with van der Waals surface area (Å²) in [7, 11) is 4.49. The summed E-state index contributed by atoms with van der Waals surface area (Å²) >= 11 is 0. The third kappa shape index (κ3) is 3.89. The lowest BCUT2D eigenvalue weighted by Crippen LogP contribution is -2.40. The van der Waals surface area contributed by atoms with Crippen LogP contribution in [0, 0.1) is 5.41 Å². The molecule has 1 atom stereocenters. The van der Waals surface area contributed by atoms with E-state index in [9.17, 15) is 14.4 Å². The molecule has 1 aromatic carbocycles. The number of carbonyl (C=O) groups excluding carboxylic acids is 3. The lowest BCUT2D eigenvalue weighted by Gasteiger charge is -2.33. The molecule has 0 aliphatic heterocycles. The average Bonchev–Trinajstić information content (AvgIpc) is 3.07. The zero-order valence-corrected chi connectivity index (χ0v) is 18.3. The molecule has 1 unspecified atom stereocenters. The Morgan fingerprint density at radius 3 is 2.50 bits per heavy atom. The van der Waals surface area contributed by atoms with Gasteiger partial charge in [-0.1, -0.05) is 32.9 Å². The highest BCUT2D eigenvalue weighted by atomic mass is 16.5. The first-order valence-electron chi connectivity index (χ1n) is 9.83. The van der Waals surface area contributed by atoms with Crippen molar-refractivity contribution in [3.8, 4) is 0 Å². The second-order valence-corrected chi connectivity index (χ2v) is 8.61. The fourth-order valence-electron chi connectivity index (χ4n) is 3.92. The third-order valence-electron chi connectivity index (χ3n) is 5.46. The van der Waals surface area contributed by atoms with E-state index in [2.05, 4.69) is 0 Å². The molecule has 30 heavy (non-hydrogen) atoms. The van der Waals surface area contributed by atoms with Crippen LogP contribution in [0.3, 0.4) is 0 Å². The summed E-state index contributed by atoms with van der Waals surface area (Å²) in [6, 6.07) is 5.48. The summed E-state index contributed by atoms with van der Waals surface area (Å²) in [4.78, 5) is 38.9. The number of methoxy groups -OCH3 is 2. The minimum Gasteiger partial charge on any atom is -0.468 e. The van der Waals surface area contributed by atoms with Gasteiger partial charge in [-0.25, -0.2) is 4.79 Å². The molecule has 0 saturated carbocycles. The van der Waals surface area contributed by atoms with Crippen LogP contribution in [-0.2, 0) is 25.5 Å². The van der Waals surface area contributed by atoms with Crippen molar-refractivity contribution >= 4 is 34.3 Å². The molecule has 0 N–H and O–H groups in total. The van der Waals surface area contributed by atoms with Crippen molar-refractivity contribution in [1.29, 1.82) is 0 Å². The fraction of sp³-hybridized carbons (Fsp3) is 0.435. The lowest BCUT2D eigenvalue weighted by atomic mass is 9.83. The number of nitrogens with zero attached hydrogens (tertiary/aromatic N) is 2. The highest BCUT2D eigenvalue weighted by molar-refractivity contribution is 6.06. The van der Waals surface area contributed by atoms with E-state index in [1.54, 1.807) is 4.57 Å². The molecule has 1 aliphatic rings. The van der Waals surface area contributed by atoms with Gasteiger partial charge in [0.15, 0.2) is 0 Å². The Morgan fingerprint density at radius 1 is 1.20 bits per heavy atom. The molecule has 0 spiro atoms. The van der Waals surface area contributed by atoms with Crippen LogP contribution in [0.25, 0.3) is 16.5 Å². The highest BCUT2D eigenvalue weighted by Crippen LogP contribution is 2.40. The fourth-order valence-corrected chi connectivity index (χ4v) is 3.92. The molecular formula is C23H28N2O5. The SMILES string of the molecule is COC(=O)/C=C1/c2cccc3c2c(cn3C(=O)C(C)(C)C)CC1N(C)CC(=O)OC. The second kappa shape index (κ2) is 8.07. The van der Waals surface area contributed by atoms with Gasteiger partial charge < -0.3 is 9.47 Å². The maximum Gasteiger partial charge on any atom is 0.330 e. The Kier molecular flexibility index (Phi) is 5.85. The highest BCUT2D eigenvalue weighted by Gasteiger charge is 2.33. The van der Waals surface area contributed by atoms with Crippen LogP contribution < -0.4 is 0 Å². The number of likely N-dealkylation sites (N-methyl/N-ethyl adjacent to an activating group) is 1. The van der Waals surface area contributed by atoms with Gasteiger partial charge in [0.25, 0.3) is 0 Å². The minimum absolute atomic E-state index is 0.00392. The number of carbonyl (C=O) groups is 3. The van der Waals surface area contributed by atoms with Crippen molar-refractivity contribution in [3.05, 3.63) is 41.6 Å². The first kappa shape index (κ1) is 21.8.